The van der Waals surface area contributed by atoms with Crippen LogP contribution in [0.5, 0.6) is 5.75 Å². The van der Waals surface area contributed by atoms with Crippen LogP contribution in [-0.2, 0) is 14.3 Å². The molecule has 116 valence electrons. The minimum Gasteiger partial charge on any atom is -0.498 e. The molecule has 21 heavy (non-hydrogen) atoms. The number of methoxy groups -OCH3 is 1. The molecular formula is C16H22O5. The van der Waals surface area contributed by atoms with Gasteiger partial charge in [0.1, 0.15) is 11.5 Å². The summed E-state index contributed by atoms with van der Waals surface area (Å²) in [5.74, 6) is 0.653. The van der Waals surface area contributed by atoms with E-state index in [0.717, 1.165) is 11.3 Å². The van der Waals surface area contributed by atoms with Crippen molar-refractivity contribution in [1.82, 2.24) is 0 Å². The highest BCUT2D eigenvalue weighted by Gasteiger charge is 2.13. The van der Waals surface area contributed by atoms with Crippen LogP contribution in [-0.4, -0.2) is 31.4 Å². The normalized spacial score (nSPS) is 12.7. The monoisotopic (exact) mass is 294 g/mol. The Labute approximate surface area is 125 Å². The Morgan fingerprint density at radius 2 is 1.81 bits per heavy atom. The lowest BCUT2D eigenvalue weighted by atomic mass is 10.1. The van der Waals surface area contributed by atoms with Crippen LogP contribution in [0.3, 0.4) is 0 Å². The zero-order valence-corrected chi connectivity index (χ0v) is 12.7. The predicted molar refractivity (Wildman–Crippen MR) is 78.9 cm³/mol. The van der Waals surface area contributed by atoms with E-state index in [0.29, 0.717) is 19.0 Å². The summed E-state index contributed by atoms with van der Waals surface area (Å²) in [5.41, 5.74) is 0.727. The molecule has 5 nitrogen and oxygen atoms in total. The molecule has 0 aliphatic carbocycles. The quantitative estimate of drug-likeness (QED) is 0.453. The van der Waals surface area contributed by atoms with Crippen LogP contribution >= 0.6 is 0 Å². The molecule has 5 heteroatoms. The van der Waals surface area contributed by atoms with Crippen molar-refractivity contribution >= 4 is 5.97 Å². The first-order valence-corrected chi connectivity index (χ1v) is 6.92. The van der Waals surface area contributed by atoms with Crippen LogP contribution < -0.4 is 4.74 Å². The lowest BCUT2D eigenvalue weighted by molar-refractivity contribution is -0.137. The average Bonchev–Trinajstić information content (AvgIpc) is 2.47. The Morgan fingerprint density at radius 1 is 1.19 bits per heavy atom. The summed E-state index contributed by atoms with van der Waals surface area (Å²) in [6.45, 7) is 4.27. The standard InChI is InChI=1S/C16H22O5/c1-4-20-14(11-16(18)21-5-2)10-15(17)12-6-8-13(19-3)9-7-12/h6-9,11,15,17H,4-5,10H2,1-3H3/b14-11+/t15-/m1/s1. The van der Waals surface area contributed by atoms with Gasteiger partial charge in [-0.05, 0) is 31.5 Å². The highest BCUT2D eigenvalue weighted by Crippen LogP contribution is 2.23. The molecule has 1 N–H and O–H groups in total. The van der Waals surface area contributed by atoms with Crippen molar-refractivity contribution in [3.63, 3.8) is 0 Å². The lowest BCUT2D eigenvalue weighted by Gasteiger charge is -2.14. The number of hydrogen-bond acceptors (Lipinski definition) is 5. The first kappa shape index (κ1) is 17.0. The third-order valence-electron chi connectivity index (χ3n) is 2.79. The van der Waals surface area contributed by atoms with E-state index in [1.165, 1.54) is 6.08 Å². The Kier molecular flexibility index (Phi) is 7.32. The fourth-order valence-corrected chi connectivity index (χ4v) is 1.79. The maximum Gasteiger partial charge on any atom is 0.334 e. The predicted octanol–water partition coefficient (Wildman–Crippen LogP) is 2.60. The molecule has 1 aromatic carbocycles. The largest absolute Gasteiger partial charge is 0.498 e. The third-order valence-corrected chi connectivity index (χ3v) is 2.79. The van der Waals surface area contributed by atoms with Gasteiger partial charge in [0.05, 0.1) is 32.5 Å². The Hall–Kier alpha value is -2.01. The minimum absolute atomic E-state index is 0.207. The van der Waals surface area contributed by atoms with E-state index in [1.54, 1.807) is 38.3 Å². The number of carbonyl (C=O) groups excluding carboxylic acids is 1. The molecule has 0 fully saturated rings. The molecule has 0 aliphatic rings. The number of esters is 1. The van der Waals surface area contributed by atoms with Crippen molar-refractivity contribution in [1.29, 1.82) is 0 Å². The number of aliphatic hydroxyl groups is 1. The second kappa shape index (κ2) is 9.02. The summed E-state index contributed by atoms with van der Waals surface area (Å²) in [6.07, 6.45) is 0.724. The van der Waals surface area contributed by atoms with Crippen LogP contribution in [0.4, 0.5) is 0 Å². The second-order valence-electron chi connectivity index (χ2n) is 4.29. The van der Waals surface area contributed by atoms with E-state index in [9.17, 15) is 9.90 Å². The SMILES string of the molecule is CCOC(=O)/C=C(\C[C@@H](O)c1ccc(OC)cc1)OCC. The summed E-state index contributed by atoms with van der Waals surface area (Å²) < 4.78 is 15.3. The molecule has 1 atom stereocenters. The van der Waals surface area contributed by atoms with Crippen molar-refractivity contribution in [2.45, 2.75) is 26.4 Å². The van der Waals surface area contributed by atoms with Gasteiger partial charge in [-0.15, -0.1) is 0 Å². The van der Waals surface area contributed by atoms with Crippen molar-refractivity contribution in [2.75, 3.05) is 20.3 Å². The van der Waals surface area contributed by atoms with Gasteiger partial charge in [-0.3, -0.25) is 0 Å². The van der Waals surface area contributed by atoms with E-state index < -0.39 is 12.1 Å². The zero-order valence-electron chi connectivity index (χ0n) is 12.7. The van der Waals surface area contributed by atoms with E-state index in [-0.39, 0.29) is 6.42 Å². The van der Waals surface area contributed by atoms with E-state index in [4.69, 9.17) is 14.2 Å². The van der Waals surface area contributed by atoms with Crippen LogP contribution in [0.15, 0.2) is 36.1 Å². The van der Waals surface area contributed by atoms with Crippen molar-refractivity contribution in [3.05, 3.63) is 41.7 Å². The molecule has 1 rings (SSSR count). The van der Waals surface area contributed by atoms with Gasteiger partial charge >= 0.3 is 5.97 Å². The van der Waals surface area contributed by atoms with Crippen molar-refractivity contribution in [3.8, 4) is 5.75 Å². The van der Waals surface area contributed by atoms with Crippen LogP contribution in [0, 0.1) is 0 Å². The molecule has 0 unspecified atom stereocenters. The molecule has 0 saturated carbocycles. The first-order chi connectivity index (χ1) is 10.1. The lowest BCUT2D eigenvalue weighted by Crippen LogP contribution is -2.06. The van der Waals surface area contributed by atoms with Gasteiger partial charge in [-0.25, -0.2) is 4.79 Å². The highest BCUT2D eigenvalue weighted by molar-refractivity contribution is 5.82. The number of aliphatic hydroxyl groups excluding tert-OH is 1. The Balaban J connectivity index is 2.74. The maximum atomic E-state index is 11.5. The van der Waals surface area contributed by atoms with Gasteiger partial charge in [0.15, 0.2) is 0 Å². The van der Waals surface area contributed by atoms with Gasteiger partial charge in [0.25, 0.3) is 0 Å². The van der Waals surface area contributed by atoms with Gasteiger partial charge < -0.3 is 19.3 Å². The maximum absolute atomic E-state index is 11.5. The zero-order chi connectivity index (χ0) is 15.7. The number of benzene rings is 1. The van der Waals surface area contributed by atoms with E-state index in [1.807, 2.05) is 6.92 Å². The molecule has 1 aromatic rings. The summed E-state index contributed by atoms with van der Waals surface area (Å²) in [7, 11) is 1.58. The molecule has 0 aromatic heterocycles. The summed E-state index contributed by atoms with van der Waals surface area (Å²) in [6, 6.07) is 7.09. The average molecular weight is 294 g/mol. The van der Waals surface area contributed by atoms with Gasteiger partial charge in [-0.1, -0.05) is 12.1 Å². The summed E-state index contributed by atoms with van der Waals surface area (Å²) in [5, 5.41) is 10.2. The smallest absolute Gasteiger partial charge is 0.334 e. The van der Waals surface area contributed by atoms with Crippen molar-refractivity contribution < 1.29 is 24.1 Å². The fraction of sp³-hybridized carbons (Fsp3) is 0.438. The fourth-order valence-electron chi connectivity index (χ4n) is 1.79. The minimum atomic E-state index is -0.761. The van der Waals surface area contributed by atoms with Crippen LogP contribution in [0.1, 0.15) is 31.9 Å². The molecule has 0 aliphatic heterocycles. The molecule has 0 saturated heterocycles. The topological polar surface area (TPSA) is 65.0 Å². The molecule has 0 amide bonds. The number of hydrogen-bond donors (Lipinski definition) is 1. The molecule has 0 heterocycles. The third kappa shape index (κ3) is 5.87. The van der Waals surface area contributed by atoms with E-state index >= 15 is 0 Å². The number of ether oxygens (including phenoxy) is 3. The van der Waals surface area contributed by atoms with Gasteiger partial charge in [0.2, 0.25) is 0 Å². The molecular weight excluding hydrogens is 272 g/mol. The highest BCUT2D eigenvalue weighted by atomic mass is 16.5. The van der Waals surface area contributed by atoms with Gasteiger partial charge in [0, 0.05) is 6.42 Å². The van der Waals surface area contributed by atoms with Crippen LogP contribution in [0.25, 0.3) is 0 Å². The molecule has 0 bridgehead atoms. The number of rotatable bonds is 8. The van der Waals surface area contributed by atoms with E-state index in [2.05, 4.69) is 0 Å². The summed E-state index contributed by atoms with van der Waals surface area (Å²) in [4.78, 5) is 11.5. The molecule has 0 radical (unpaired) electrons. The number of carbonyl (C=O) groups is 1. The van der Waals surface area contributed by atoms with Crippen molar-refractivity contribution in [2.24, 2.45) is 0 Å². The first-order valence-electron chi connectivity index (χ1n) is 6.92. The second-order valence-corrected chi connectivity index (χ2v) is 4.29. The summed E-state index contributed by atoms with van der Waals surface area (Å²) >= 11 is 0. The Morgan fingerprint density at radius 3 is 2.33 bits per heavy atom. The van der Waals surface area contributed by atoms with Gasteiger partial charge in [-0.2, -0.15) is 0 Å². The van der Waals surface area contributed by atoms with Crippen LogP contribution in [0.2, 0.25) is 0 Å². The molecule has 0 spiro atoms. The Bertz CT molecular complexity index is 464.